The van der Waals surface area contributed by atoms with E-state index in [1.807, 2.05) is 6.92 Å². The molecule has 1 aliphatic rings. The maximum Gasteiger partial charge on any atom is 0.341 e. The molecule has 1 saturated heterocycles. The molecule has 0 aromatic heterocycles. The lowest BCUT2D eigenvalue weighted by atomic mass is 10.0. The Morgan fingerprint density at radius 2 is 2.15 bits per heavy atom. The highest BCUT2D eigenvalue weighted by molar-refractivity contribution is 5.96. The normalized spacial score (nSPS) is 31.2. The van der Waals surface area contributed by atoms with Crippen molar-refractivity contribution in [3.8, 4) is 0 Å². The Kier molecular flexibility index (Phi) is 2.71. The summed E-state index contributed by atoms with van der Waals surface area (Å²) < 4.78 is 9.57. The van der Waals surface area contributed by atoms with Gasteiger partial charge in [0.05, 0.1) is 7.11 Å². The number of hydrogen-bond acceptors (Lipinski definition) is 4. The maximum atomic E-state index is 11.3. The molecule has 0 aliphatic carbocycles. The predicted octanol–water partition coefficient (Wildman–Crippen LogP) is 0.686. The average molecular weight is 186 g/mol. The fourth-order valence-electron chi connectivity index (χ4n) is 1.32. The SMILES string of the molecule is CCCC(=O)[C@H]1O[C@@]1(C)C(=O)OC. The molecule has 0 saturated carbocycles. The van der Waals surface area contributed by atoms with E-state index in [-0.39, 0.29) is 5.78 Å². The Hall–Kier alpha value is -0.900. The van der Waals surface area contributed by atoms with E-state index in [0.29, 0.717) is 6.42 Å². The summed E-state index contributed by atoms with van der Waals surface area (Å²) in [6.07, 6.45) is 0.646. The molecule has 2 atom stereocenters. The fraction of sp³-hybridized carbons (Fsp3) is 0.778. The highest BCUT2D eigenvalue weighted by Gasteiger charge is 2.62. The van der Waals surface area contributed by atoms with Crippen molar-refractivity contribution in [3.63, 3.8) is 0 Å². The lowest BCUT2D eigenvalue weighted by molar-refractivity contribution is -0.146. The number of methoxy groups -OCH3 is 1. The van der Waals surface area contributed by atoms with Gasteiger partial charge < -0.3 is 9.47 Å². The van der Waals surface area contributed by atoms with E-state index >= 15 is 0 Å². The maximum absolute atomic E-state index is 11.3. The van der Waals surface area contributed by atoms with Crippen LogP contribution in [0.2, 0.25) is 0 Å². The summed E-state index contributed by atoms with van der Waals surface area (Å²) in [7, 11) is 1.29. The summed E-state index contributed by atoms with van der Waals surface area (Å²) in [5.74, 6) is -0.489. The van der Waals surface area contributed by atoms with E-state index in [1.165, 1.54) is 7.11 Å². The van der Waals surface area contributed by atoms with E-state index in [4.69, 9.17) is 4.74 Å². The van der Waals surface area contributed by atoms with Gasteiger partial charge in [-0.2, -0.15) is 0 Å². The zero-order valence-electron chi connectivity index (χ0n) is 8.12. The van der Waals surface area contributed by atoms with Crippen LogP contribution in [0, 0.1) is 0 Å². The standard InChI is InChI=1S/C9H14O4/c1-4-5-6(10)7-9(2,13-7)8(11)12-3/h7H,4-5H2,1-3H3/t7-,9-/m1/s1. The van der Waals surface area contributed by atoms with Gasteiger partial charge in [-0.25, -0.2) is 4.79 Å². The number of carbonyl (C=O) groups excluding carboxylic acids is 2. The number of hydrogen-bond donors (Lipinski definition) is 0. The first-order valence-corrected chi connectivity index (χ1v) is 4.35. The van der Waals surface area contributed by atoms with Crippen molar-refractivity contribution < 1.29 is 19.1 Å². The Balaban J connectivity index is 2.52. The fourth-order valence-corrected chi connectivity index (χ4v) is 1.32. The van der Waals surface area contributed by atoms with Crippen LogP contribution in [-0.4, -0.2) is 30.6 Å². The van der Waals surface area contributed by atoms with E-state index in [0.717, 1.165) is 6.42 Å². The minimum absolute atomic E-state index is 0.0181. The van der Waals surface area contributed by atoms with Gasteiger partial charge in [0.15, 0.2) is 17.5 Å². The summed E-state index contributed by atoms with van der Waals surface area (Å²) in [5, 5.41) is 0. The molecule has 1 heterocycles. The number of rotatable bonds is 4. The molecule has 1 aliphatic heterocycles. The number of Topliss-reactive ketones (excluding diaryl/α,β-unsaturated/α-hetero) is 1. The predicted molar refractivity (Wildman–Crippen MR) is 45.2 cm³/mol. The van der Waals surface area contributed by atoms with Crippen molar-refractivity contribution in [3.05, 3.63) is 0 Å². The van der Waals surface area contributed by atoms with Crippen LogP contribution in [0.5, 0.6) is 0 Å². The molecule has 0 N–H and O–H groups in total. The minimum atomic E-state index is -1.01. The van der Waals surface area contributed by atoms with Crippen molar-refractivity contribution >= 4 is 11.8 Å². The van der Waals surface area contributed by atoms with Gasteiger partial charge >= 0.3 is 5.97 Å². The minimum Gasteiger partial charge on any atom is -0.467 e. The molecule has 13 heavy (non-hydrogen) atoms. The molecule has 0 bridgehead atoms. The molecule has 4 heteroatoms. The molecule has 0 spiro atoms. The van der Waals surface area contributed by atoms with Gasteiger partial charge in [-0.1, -0.05) is 6.92 Å². The number of carbonyl (C=O) groups is 2. The number of epoxide rings is 1. The summed E-state index contributed by atoms with van der Waals surface area (Å²) in [6, 6.07) is 0. The Labute approximate surface area is 77.2 Å². The van der Waals surface area contributed by atoms with E-state index in [1.54, 1.807) is 6.92 Å². The van der Waals surface area contributed by atoms with Gasteiger partial charge in [-0.05, 0) is 13.3 Å². The molecule has 0 aromatic rings. The molecular formula is C9H14O4. The van der Waals surface area contributed by atoms with Crippen LogP contribution >= 0.6 is 0 Å². The van der Waals surface area contributed by atoms with Crippen molar-refractivity contribution in [2.45, 2.75) is 38.4 Å². The van der Waals surface area contributed by atoms with Crippen molar-refractivity contribution in [1.82, 2.24) is 0 Å². The van der Waals surface area contributed by atoms with Crippen LogP contribution in [0.25, 0.3) is 0 Å². The third-order valence-electron chi connectivity index (χ3n) is 2.19. The zero-order chi connectivity index (χ0) is 10.1. The first kappa shape index (κ1) is 10.2. The van der Waals surface area contributed by atoms with E-state index in [9.17, 15) is 9.59 Å². The Morgan fingerprint density at radius 1 is 1.54 bits per heavy atom. The van der Waals surface area contributed by atoms with Gasteiger partial charge in [0.1, 0.15) is 0 Å². The van der Waals surface area contributed by atoms with Gasteiger partial charge in [-0.15, -0.1) is 0 Å². The number of esters is 1. The van der Waals surface area contributed by atoms with E-state index in [2.05, 4.69) is 4.74 Å². The average Bonchev–Trinajstić information content (AvgIpc) is 2.79. The van der Waals surface area contributed by atoms with Crippen molar-refractivity contribution in [2.75, 3.05) is 7.11 Å². The highest BCUT2D eigenvalue weighted by Crippen LogP contribution is 2.38. The number of ether oxygens (including phenoxy) is 2. The van der Waals surface area contributed by atoms with Gasteiger partial charge in [0, 0.05) is 6.42 Å². The number of ketones is 1. The molecule has 0 amide bonds. The zero-order valence-corrected chi connectivity index (χ0v) is 8.12. The summed E-state index contributed by atoms with van der Waals surface area (Å²) in [6.45, 7) is 3.49. The molecule has 74 valence electrons. The lowest BCUT2D eigenvalue weighted by Gasteiger charge is -2.01. The first-order valence-electron chi connectivity index (χ1n) is 4.35. The quantitative estimate of drug-likeness (QED) is 0.478. The second-order valence-electron chi connectivity index (χ2n) is 3.31. The van der Waals surface area contributed by atoms with Gasteiger partial charge in [-0.3, -0.25) is 4.79 Å². The van der Waals surface area contributed by atoms with E-state index < -0.39 is 17.7 Å². The smallest absolute Gasteiger partial charge is 0.341 e. The van der Waals surface area contributed by atoms with Crippen molar-refractivity contribution in [1.29, 1.82) is 0 Å². The van der Waals surface area contributed by atoms with Crippen LogP contribution in [0.1, 0.15) is 26.7 Å². The summed E-state index contributed by atoms with van der Waals surface area (Å²) in [4.78, 5) is 22.4. The summed E-state index contributed by atoms with van der Waals surface area (Å²) in [5.41, 5.74) is -1.01. The Morgan fingerprint density at radius 3 is 2.62 bits per heavy atom. The van der Waals surface area contributed by atoms with Gasteiger partial charge in [0.2, 0.25) is 0 Å². The molecule has 4 nitrogen and oxygen atoms in total. The second kappa shape index (κ2) is 3.46. The first-order chi connectivity index (χ1) is 6.06. The van der Waals surface area contributed by atoms with Crippen LogP contribution in [0.15, 0.2) is 0 Å². The highest BCUT2D eigenvalue weighted by atomic mass is 16.7. The molecule has 1 fully saturated rings. The molecule has 0 aromatic carbocycles. The monoisotopic (exact) mass is 186 g/mol. The molecular weight excluding hydrogens is 172 g/mol. The molecule has 0 radical (unpaired) electrons. The largest absolute Gasteiger partial charge is 0.467 e. The third kappa shape index (κ3) is 1.72. The third-order valence-corrected chi connectivity index (χ3v) is 2.19. The summed E-state index contributed by atoms with van der Waals surface area (Å²) >= 11 is 0. The molecule has 0 unspecified atom stereocenters. The molecule has 1 rings (SSSR count). The van der Waals surface area contributed by atoms with Crippen molar-refractivity contribution in [2.24, 2.45) is 0 Å². The van der Waals surface area contributed by atoms with Crippen LogP contribution < -0.4 is 0 Å². The van der Waals surface area contributed by atoms with Gasteiger partial charge in [0.25, 0.3) is 0 Å². The topological polar surface area (TPSA) is 55.9 Å². The second-order valence-corrected chi connectivity index (χ2v) is 3.31. The Bertz CT molecular complexity index is 236. The lowest BCUT2D eigenvalue weighted by Crippen LogP contribution is -2.28. The van der Waals surface area contributed by atoms with Crippen LogP contribution in [0.3, 0.4) is 0 Å². The van der Waals surface area contributed by atoms with Crippen LogP contribution in [0.4, 0.5) is 0 Å². The van der Waals surface area contributed by atoms with Crippen LogP contribution in [-0.2, 0) is 19.1 Å².